The molecule has 29 heavy (non-hydrogen) atoms. The predicted octanol–water partition coefficient (Wildman–Crippen LogP) is 3.41. The molecular formula is C24H38N2O3. The third kappa shape index (κ3) is 4.01. The Morgan fingerprint density at radius 1 is 1.14 bits per heavy atom. The maximum absolute atomic E-state index is 10.7. The van der Waals surface area contributed by atoms with Gasteiger partial charge in [-0.3, -0.25) is 4.90 Å². The number of nitrogens with zero attached hydrogens (tertiary/aromatic N) is 2. The number of ether oxygens (including phenoxy) is 2. The first-order chi connectivity index (χ1) is 13.8. The molecule has 1 heterocycles. The van der Waals surface area contributed by atoms with Crippen LogP contribution in [0.5, 0.6) is 5.75 Å². The first-order valence-corrected chi connectivity index (χ1v) is 11.2. The van der Waals surface area contributed by atoms with Crippen molar-refractivity contribution < 1.29 is 14.6 Å². The first-order valence-electron chi connectivity index (χ1n) is 11.2. The Morgan fingerprint density at radius 2 is 1.86 bits per heavy atom. The van der Waals surface area contributed by atoms with E-state index in [0.717, 1.165) is 43.5 Å². The van der Waals surface area contributed by atoms with Crippen molar-refractivity contribution in [3.63, 3.8) is 0 Å². The molecule has 1 saturated heterocycles. The van der Waals surface area contributed by atoms with Gasteiger partial charge in [-0.15, -0.1) is 0 Å². The number of hydrogen-bond donors (Lipinski definition) is 1. The number of aliphatic hydroxyl groups excluding tert-OH is 1. The number of fused-ring (bicyclic) bond motifs is 2. The second-order valence-electron chi connectivity index (χ2n) is 10.2. The zero-order valence-corrected chi connectivity index (χ0v) is 18.6. The summed E-state index contributed by atoms with van der Waals surface area (Å²) in [6.45, 7) is 12.0. The molecule has 162 valence electrons. The Bertz CT molecular complexity index is 696. The van der Waals surface area contributed by atoms with E-state index in [2.05, 4.69) is 42.7 Å². The van der Waals surface area contributed by atoms with Gasteiger partial charge in [-0.2, -0.15) is 0 Å². The Hall–Kier alpha value is -1.30. The smallest absolute Gasteiger partial charge is 0.142 e. The summed E-state index contributed by atoms with van der Waals surface area (Å²) in [6, 6.07) is 8.20. The largest absolute Gasteiger partial charge is 0.495 e. The molecule has 0 amide bonds. The van der Waals surface area contributed by atoms with Crippen molar-refractivity contribution in [1.29, 1.82) is 0 Å². The van der Waals surface area contributed by atoms with Gasteiger partial charge < -0.3 is 19.5 Å². The van der Waals surface area contributed by atoms with Crippen molar-refractivity contribution in [3.8, 4) is 5.75 Å². The second-order valence-corrected chi connectivity index (χ2v) is 10.2. The minimum atomic E-state index is -0.425. The van der Waals surface area contributed by atoms with Crippen molar-refractivity contribution >= 4 is 5.69 Å². The van der Waals surface area contributed by atoms with Crippen molar-refractivity contribution in [2.45, 2.75) is 52.2 Å². The van der Waals surface area contributed by atoms with Crippen LogP contribution >= 0.6 is 0 Å². The fourth-order valence-electron chi connectivity index (χ4n) is 6.29. The molecule has 1 aromatic carbocycles. The standard InChI is InChI=1S/C24H38N2O3/c1-23(2)18-9-10-24(3,15-18)22(23)29-17-19(27)16-25-11-13-26(14-12-25)20-7-5-6-8-21(20)28-4/h5-8,18-19,22,27H,9-17H2,1-4H3/t18-,19+,22+,24-/m0/s1. The average molecular weight is 403 g/mol. The average Bonchev–Trinajstić information content (AvgIpc) is 3.19. The summed E-state index contributed by atoms with van der Waals surface area (Å²) in [5, 5.41) is 10.7. The van der Waals surface area contributed by atoms with E-state index >= 15 is 0 Å². The molecule has 0 unspecified atom stereocenters. The highest BCUT2D eigenvalue weighted by Crippen LogP contribution is 2.63. The van der Waals surface area contributed by atoms with E-state index in [1.807, 2.05) is 12.1 Å². The van der Waals surface area contributed by atoms with E-state index in [-0.39, 0.29) is 11.5 Å². The van der Waals surface area contributed by atoms with E-state index in [4.69, 9.17) is 9.47 Å². The van der Waals surface area contributed by atoms with E-state index in [1.165, 1.54) is 19.3 Å². The van der Waals surface area contributed by atoms with Gasteiger partial charge in [-0.25, -0.2) is 0 Å². The topological polar surface area (TPSA) is 45.2 Å². The normalized spacial score (nSPS) is 32.5. The van der Waals surface area contributed by atoms with Crippen LogP contribution in [-0.4, -0.2) is 68.7 Å². The van der Waals surface area contributed by atoms with Gasteiger partial charge in [0.25, 0.3) is 0 Å². The Labute approximate surface area is 176 Å². The SMILES string of the molecule is COc1ccccc1N1CCN(C[C@@H](O)CO[C@@H]2C(C)(C)[C@H]3CC[C@@]2(C)C3)CC1. The quantitative estimate of drug-likeness (QED) is 0.757. The number of β-amino-alcohol motifs (C(OH)–C–C–N with tert-alkyl or cyclic N) is 1. The third-order valence-electron chi connectivity index (χ3n) is 7.86. The molecule has 1 aliphatic heterocycles. The van der Waals surface area contributed by atoms with Gasteiger partial charge in [0, 0.05) is 32.7 Å². The first kappa shape index (κ1) is 21.0. The van der Waals surface area contributed by atoms with Gasteiger partial charge in [0.05, 0.1) is 31.6 Å². The summed E-state index contributed by atoms with van der Waals surface area (Å²) in [4.78, 5) is 4.73. The Balaban J connectivity index is 1.25. The summed E-state index contributed by atoms with van der Waals surface area (Å²) in [7, 11) is 1.73. The van der Waals surface area contributed by atoms with E-state index in [9.17, 15) is 5.11 Å². The number of aliphatic hydroxyl groups is 1. The zero-order chi connectivity index (χ0) is 20.6. The van der Waals surface area contributed by atoms with Crippen LogP contribution in [0, 0.1) is 16.7 Å². The molecule has 3 fully saturated rings. The van der Waals surface area contributed by atoms with Crippen LogP contribution in [0.4, 0.5) is 5.69 Å². The highest BCUT2D eigenvalue weighted by Gasteiger charge is 2.60. The Kier molecular flexibility index (Phi) is 5.84. The molecule has 3 aliphatic rings. The predicted molar refractivity (Wildman–Crippen MR) is 117 cm³/mol. The lowest BCUT2D eigenvalue weighted by atomic mass is 9.70. The number of methoxy groups -OCH3 is 1. The highest BCUT2D eigenvalue weighted by molar-refractivity contribution is 5.58. The molecule has 1 aromatic rings. The molecule has 4 atom stereocenters. The van der Waals surface area contributed by atoms with Gasteiger partial charge in [-0.05, 0) is 48.1 Å². The Morgan fingerprint density at radius 3 is 2.52 bits per heavy atom. The minimum absolute atomic E-state index is 0.229. The van der Waals surface area contributed by atoms with Gasteiger partial charge in [-0.1, -0.05) is 32.9 Å². The maximum Gasteiger partial charge on any atom is 0.142 e. The lowest BCUT2D eigenvalue weighted by Gasteiger charge is -2.43. The van der Waals surface area contributed by atoms with Crippen molar-refractivity contribution in [1.82, 2.24) is 4.90 Å². The van der Waals surface area contributed by atoms with Crippen LogP contribution < -0.4 is 9.64 Å². The molecule has 2 bridgehead atoms. The lowest BCUT2D eigenvalue weighted by molar-refractivity contribution is -0.113. The summed E-state index contributed by atoms with van der Waals surface area (Å²) in [5.41, 5.74) is 1.69. The van der Waals surface area contributed by atoms with E-state index < -0.39 is 6.10 Å². The van der Waals surface area contributed by atoms with Gasteiger partial charge >= 0.3 is 0 Å². The van der Waals surface area contributed by atoms with Gasteiger partial charge in [0.15, 0.2) is 0 Å². The number of hydrogen-bond acceptors (Lipinski definition) is 5. The number of piperazine rings is 1. The fourth-order valence-corrected chi connectivity index (χ4v) is 6.29. The maximum atomic E-state index is 10.7. The van der Waals surface area contributed by atoms with Crippen molar-refractivity contribution in [2.24, 2.45) is 16.7 Å². The zero-order valence-electron chi connectivity index (χ0n) is 18.6. The highest BCUT2D eigenvalue weighted by atomic mass is 16.5. The van der Waals surface area contributed by atoms with Gasteiger partial charge in [0.1, 0.15) is 5.75 Å². The van der Waals surface area contributed by atoms with Crippen molar-refractivity contribution in [3.05, 3.63) is 24.3 Å². The summed E-state index contributed by atoms with van der Waals surface area (Å²) in [5.74, 6) is 1.70. The molecule has 0 aromatic heterocycles. The molecule has 2 saturated carbocycles. The molecule has 4 rings (SSSR count). The third-order valence-corrected chi connectivity index (χ3v) is 7.86. The summed E-state index contributed by atoms with van der Waals surface area (Å²) >= 11 is 0. The number of anilines is 1. The minimum Gasteiger partial charge on any atom is -0.495 e. The second kappa shape index (κ2) is 8.09. The van der Waals surface area contributed by atoms with Crippen LogP contribution in [0.1, 0.15) is 40.0 Å². The molecule has 5 nitrogen and oxygen atoms in total. The molecule has 5 heteroatoms. The van der Waals surface area contributed by atoms with E-state index in [0.29, 0.717) is 18.6 Å². The van der Waals surface area contributed by atoms with Crippen LogP contribution in [0.25, 0.3) is 0 Å². The number of benzene rings is 1. The van der Waals surface area contributed by atoms with Crippen LogP contribution in [0.3, 0.4) is 0 Å². The summed E-state index contributed by atoms with van der Waals surface area (Å²) in [6.07, 6.45) is 3.73. The molecular weight excluding hydrogens is 364 g/mol. The lowest BCUT2D eigenvalue weighted by Crippen LogP contribution is -2.50. The monoisotopic (exact) mass is 402 g/mol. The van der Waals surface area contributed by atoms with Crippen LogP contribution in [-0.2, 0) is 4.74 Å². The van der Waals surface area contributed by atoms with Gasteiger partial charge in [0.2, 0.25) is 0 Å². The molecule has 0 radical (unpaired) electrons. The fraction of sp³-hybridized carbons (Fsp3) is 0.750. The molecule has 1 N–H and O–H groups in total. The number of para-hydroxylation sites is 2. The molecule has 2 aliphatic carbocycles. The van der Waals surface area contributed by atoms with E-state index in [1.54, 1.807) is 7.11 Å². The van der Waals surface area contributed by atoms with Crippen LogP contribution in [0.15, 0.2) is 24.3 Å². The molecule has 0 spiro atoms. The summed E-state index contributed by atoms with van der Waals surface area (Å²) < 4.78 is 11.9. The van der Waals surface area contributed by atoms with Crippen molar-refractivity contribution in [2.75, 3.05) is 51.3 Å². The van der Waals surface area contributed by atoms with Crippen LogP contribution in [0.2, 0.25) is 0 Å². The number of rotatable bonds is 7.